The Morgan fingerprint density at radius 1 is 0.875 bits per heavy atom. The summed E-state index contributed by atoms with van der Waals surface area (Å²) in [5, 5.41) is 5.24. The van der Waals surface area contributed by atoms with E-state index in [2.05, 4.69) is 10.6 Å². The molecule has 0 saturated heterocycles. The Hall–Kier alpha value is -3.97. The lowest BCUT2D eigenvalue weighted by molar-refractivity contribution is -0.120. The van der Waals surface area contributed by atoms with Gasteiger partial charge in [-0.2, -0.15) is 0 Å². The largest absolute Gasteiger partial charge is 0.350 e. The normalized spacial score (nSPS) is 13.5. The quantitative estimate of drug-likeness (QED) is 0.547. The third-order valence-electron chi connectivity index (χ3n) is 4.85. The van der Waals surface area contributed by atoms with Gasteiger partial charge in [0.15, 0.2) is 0 Å². The summed E-state index contributed by atoms with van der Waals surface area (Å²) >= 11 is 6.07. The van der Waals surface area contributed by atoms with Crippen LogP contribution in [0.1, 0.15) is 15.9 Å². The van der Waals surface area contributed by atoms with Crippen LogP contribution < -0.4 is 15.5 Å². The van der Waals surface area contributed by atoms with E-state index in [-0.39, 0.29) is 22.3 Å². The molecule has 3 aromatic carbocycles. The lowest BCUT2D eigenvalue weighted by Crippen LogP contribution is -2.33. The predicted molar refractivity (Wildman–Crippen MR) is 121 cm³/mol. The van der Waals surface area contributed by atoms with E-state index < -0.39 is 17.6 Å². The van der Waals surface area contributed by atoms with Gasteiger partial charge < -0.3 is 10.6 Å². The van der Waals surface area contributed by atoms with E-state index in [0.29, 0.717) is 21.8 Å². The lowest BCUT2D eigenvalue weighted by atomic mass is 10.1. The number of carbonyl (C=O) groups is 3. The van der Waals surface area contributed by atoms with Crippen molar-refractivity contribution in [3.63, 3.8) is 0 Å². The average Bonchev–Trinajstić information content (AvgIpc) is 2.99. The molecule has 4 rings (SSSR count). The summed E-state index contributed by atoms with van der Waals surface area (Å²) in [6.45, 7) is 1.96. The fourth-order valence-corrected chi connectivity index (χ4v) is 3.37. The summed E-state index contributed by atoms with van der Waals surface area (Å²) in [5.41, 5.74) is 2.24. The number of rotatable bonds is 5. The first-order valence-electron chi connectivity index (χ1n) is 9.63. The molecule has 0 radical (unpaired) electrons. The van der Waals surface area contributed by atoms with Gasteiger partial charge in [0.1, 0.15) is 16.5 Å². The molecule has 0 aromatic heterocycles. The molecule has 3 amide bonds. The van der Waals surface area contributed by atoms with Gasteiger partial charge in [-0.1, -0.05) is 41.4 Å². The highest BCUT2D eigenvalue weighted by molar-refractivity contribution is 6.53. The number of para-hydroxylation sites is 1. The summed E-state index contributed by atoms with van der Waals surface area (Å²) in [6.07, 6.45) is 0. The van der Waals surface area contributed by atoms with E-state index in [1.54, 1.807) is 24.3 Å². The maximum Gasteiger partial charge on any atom is 0.283 e. The summed E-state index contributed by atoms with van der Waals surface area (Å²) in [7, 11) is 0. The molecule has 0 atom stereocenters. The van der Waals surface area contributed by atoms with Crippen molar-refractivity contribution in [2.45, 2.75) is 6.92 Å². The number of anilines is 3. The maximum absolute atomic E-state index is 14.1. The van der Waals surface area contributed by atoms with Gasteiger partial charge >= 0.3 is 0 Å². The van der Waals surface area contributed by atoms with Gasteiger partial charge in [0.05, 0.1) is 5.69 Å². The molecule has 8 heteroatoms. The van der Waals surface area contributed by atoms with Crippen molar-refractivity contribution in [2.24, 2.45) is 0 Å². The molecule has 32 heavy (non-hydrogen) atoms. The molecule has 1 aliphatic rings. The van der Waals surface area contributed by atoms with Crippen LogP contribution in [-0.2, 0) is 9.59 Å². The van der Waals surface area contributed by atoms with Crippen LogP contribution in [0.25, 0.3) is 0 Å². The van der Waals surface area contributed by atoms with Gasteiger partial charge in [0.2, 0.25) is 0 Å². The van der Waals surface area contributed by atoms with Crippen LogP contribution in [0.2, 0.25) is 0 Å². The SMILES string of the molecule is Cc1ccc(NC(=O)c2ccc(NC3=C(Cl)C(=O)N(c4ccccc4F)C3=O)cc2)cc1. The van der Waals surface area contributed by atoms with Gasteiger partial charge in [-0.3, -0.25) is 14.4 Å². The van der Waals surface area contributed by atoms with E-state index in [0.717, 1.165) is 11.6 Å². The molecule has 6 nitrogen and oxygen atoms in total. The Bertz CT molecular complexity index is 1250. The van der Waals surface area contributed by atoms with Gasteiger partial charge in [-0.15, -0.1) is 0 Å². The number of aryl methyl sites for hydroxylation is 1. The van der Waals surface area contributed by atoms with E-state index in [4.69, 9.17) is 11.6 Å². The molecule has 0 fully saturated rings. The monoisotopic (exact) mass is 449 g/mol. The summed E-state index contributed by atoms with van der Waals surface area (Å²) < 4.78 is 14.1. The van der Waals surface area contributed by atoms with Crippen molar-refractivity contribution in [3.05, 3.63) is 100 Å². The Balaban J connectivity index is 1.49. The van der Waals surface area contributed by atoms with Gasteiger partial charge in [-0.05, 0) is 55.5 Å². The summed E-state index contributed by atoms with van der Waals surface area (Å²) in [6, 6.07) is 19.1. The van der Waals surface area contributed by atoms with Crippen molar-refractivity contribution >= 4 is 46.4 Å². The molecule has 1 heterocycles. The van der Waals surface area contributed by atoms with E-state index in [1.807, 2.05) is 31.2 Å². The van der Waals surface area contributed by atoms with Crippen LogP contribution in [-0.4, -0.2) is 17.7 Å². The highest BCUT2D eigenvalue weighted by Crippen LogP contribution is 2.31. The number of hydrogen-bond acceptors (Lipinski definition) is 4. The number of amides is 3. The number of benzene rings is 3. The first-order valence-corrected chi connectivity index (χ1v) is 10.0. The molecule has 0 spiro atoms. The number of halogens is 2. The van der Waals surface area contributed by atoms with Crippen molar-refractivity contribution in [1.82, 2.24) is 0 Å². The number of imide groups is 1. The second-order valence-electron chi connectivity index (χ2n) is 7.11. The maximum atomic E-state index is 14.1. The Kier molecular flexibility index (Phi) is 5.75. The standard InChI is InChI=1S/C24H17ClFN3O3/c1-14-6-10-17(11-7-14)28-22(30)15-8-12-16(13-9-15)27-21-20(25)23(31)29(24(21)32)19-5-3-2-4-18(19)26/h2-13,27H,1H3,(H,28,30). The van der Waals surface area contributed by atoms with Crippen molar-refractivity contribution in [2.75, 3.05) is 15.5 Å². The van der Waals surface area contributed by atoms with Crippen LogP contribution in [0.5, 0.6) is 0 Å². The zero-order valence-corrected chi connectivity index (χ0v) is 17.6. The van der Waals surface area contributed by atoms with Crippen LogP contribution in [0.4, 0.5) is 21.5 Å². The molecular weight excluding hydrogens is 433 g/mol. The fraction of sp³-hybridized carbons (Fsp3) is 0.0417. The van der Waals surface area contributed by atoms with Gasteiger partial charge in [0.25, 0.3) is 17.7 Å². The minimum Gasteiger partial charge on any atom is -0.350 e. The van der Waals surface area contributed by atoms with Crippen molar-refractivity contribution < 1.29 is 18.8 Å². The second kappa shape index (κ2) is 8.64. The minimum absolute atomic E-state index is 0.170. The van der Waals surface area contributed by atoms with E-state index in [1.165, 1.54) is 18.2 Å². The number of nitrogens with one attached hydrogen (secondary N) is 2. The van der Waals surface area contributed by atoms with Crippen LogP contribution in [0.15, 0.2) is 83.5 Å². The topological polar surface area (TPSA) is 78.5 Å². The van der Waals surface area contributed by atoms with E-state index in [9.17, 15) is 18.8 Å². The zero-order valence-electron chi connectivity index (χ0n) is 16.9. The highest BCUT2D eigenvalue weighted by atomic mass is 35.5. The van der Waals surface area contributed by atoms with Crippen LogP contribution in [0.3, 0.4) is 0 Å². The first-order chi connectivity index (χ1) is 15.3. The molecule has 0 saturated carbocycles. The molecule has 0 unspecified atom stereocenters. The Morgan fingerprint density at radius 2 is 1.50 bits per heavy atom. The summed E-state index contributed by atoms with van der Waals surface area (Å²) in [5.74, 6) is -2.61. The molecule has 1 aliphatic heterocycles. The molecule has 0 bridgehead atoms. The average molecular weight is 450 g/mol. The number of carbonyl (C=O) groups excluding carboxylic acids is 3. The van der Waals surface area contributed by atoms with Gasteiger partial charge in [-0.25, -0.2) is 9.29 Å². The van der Waals surface area contributed by atoms with Crippen LogP contribution in [0, 0.1) is 12.7 Å². The molecule has 0 aliphatic carbocycles. The molecule has 3 aromatic rings. The Morgan fingerprint density at radius 3 is 2.16 bits per heavy atom. The van der Waals surface area contributed by atoms with Gasteiger partial charge in [0, 0.05) is 16.9 Å². The van der Waals surface area contributed by atoms with Crippen molar-refractivity contribution in [1.29, 1.82) is 0 Å². The Labute approximate surface area is 188 Å². The minimum atomic E-state index is -0.821. The molecule has 2 N–H and O–H groups in total. The number of hydrogen-bond donors (Lipinski definition) is 2. The second-order valence-corrected chi connectivity index (χ2v) is 7.49. The first kappa shape index (κ1) is 21.3. The van der Waals surface area contributed by atoms with Crippen LogP contribution >= 0.6 is 11.6 Å². The third-order valence-corrected chi connectivity index (χ3v) is 5.20. The smallest absolute Gasteiger partial charge is 0.283 e. The number of nitrogens with zero attached hydrogens (tertiary/aromatic N) is 1. The predicted octanol–water partition coefficient (Wildman–Crippen LogP) is 4.82. The molecule has 160 valence electrons. The highest BCUT2D eigenvalue weighted by Gasteiger charge is 2.40. The van der Waals surface area contributed by atoms with E-state index >= 15 is 0 Å². The van der Waals surface area contributed by atoms with Crippen molar-refractivity contribution in [3.8, 4) is 0 Å². The fourth-order valence-electron chi connectivity index (χ4n) is 3.15. The third kappa shape index (κ3) is 4.10. The zero-order chi connectivity index (χ0) is 22.8. The molecular formula is C24H17ClFN3O3. The lowest BCUT2D eigenvalue weighted by Gasteiger charge is -2.15. The summed E-state index contributed by atoms with van der Waals surface area (Å²) in [4.78, 5) is 38.3.